The molecule has 0 amide bonds. The van der Waals surface area contributed by atoms with Gasteiger partial charge in [-0.1, -0.05) is 110 Å². The van der Waals surface area contributed by atoms with Crippen LogP contribution in [0.15, 0.2) is 128 Å². The molecule has 0 aliphatic carbocycles. The molecule has 0 spiro atoms. The van der Waals surface area contributed by atoms with Crippen molar-refractivity contribution in [3.63, 3.8) is 0 Å². The fourth-order valence-corrected chi connectivity index (χ4v) is 10.1. The number of rotatable bonds is 3. The molecule has 0 atom stereocenters. The molecule has 0 unspecified atom stereocenters. The van der Waals surface area contributed by atoms with Gasteiger partial charge in [-0.2, -0.15) is 0 Å². The summed E-state index contributed by atoms with van der Waals surface area (Å²) in [6.07, 6.45) is 6.48. The van der Waals surface area contributed by atoms with Crippen molar-refractivity contribution in [3.8, 4) is 5.69 Å². The fraction of sp³-hybridized carbons (Fsp3) is 0.0233. The van der Waals surface area contributed by atoms with Crippen molar-refractivity contribution in [2.24, 2.45) is 0 Å². The maximum absolute atomic E-state index is 4.29. The molecule has 0 aliphatic rings. The van der Waals surface area contributed by atoms with Gasteiger partial charge in [-0.05, 0) is 58.8 Å². The zero-order valence-corrected chi connectivity index (χ0v) is 26.8. The van der Waals surface area contributed by atoms with Crippen LogP contribution in [-0.2, 0) is 0 Å². The third-order valence-electron chi connectivity index (χ3n) is 9.63. The van der Waals surface area contributed by atoms with Crippen LogP contribution in [0.3, 0.4) is 0 Å². The Bertz CT molecular complexity index is 2940. The number of hydrogen-bond donors (Lipinski definition) is 0. The summed E-state index contributed by atoms with van der Waals surface area (Å²) in [7, 11) is 0. The molecule has 0 bridgehead atoms. The van der Waals surface area contributed by atoms with E-state index in [4.69, 9.17) is 0 Å². The molecule has 0 saturated heterocycles. The Labute approximate surface area is 273 Å². The highest BCUT2D eigenvalue weighted by molar-refractivity contribution is 7.25. The van der Waals surface area contributed by atoms with E-state index in [1.165, 1.54) is 101 Å². The van der Waals surface area contributed by atoms with E-state index < -0.39 is 0 Å². The number of benzene rings is 7. The molecule has 10 rings (SSSR count). The van der Waals surface area contributed by atoms with E-state index in [0.717, 1.165) is 0 Å². The summed E-state index contributed by atoms with van der Waals surface area (Å²) in [4.78, 5) is 1.20. The Morgan fingerprint density at radius 3 is 1.89 bits per heavy atom. The molecule has 216 valence electrons. The van der Waals surface area contributed by atoms with Crippen LogP contribution in [0.5, 0.6) is 0 Å². The summed E-state index contributed by atoms with van der Waals surface area (Å²) >= 11 is 3.74. The van der Waals surface area contributed by atoms with Gasteiger partial charge in [0.2, 0.25) is 0 Å². The molecular formula is C43H27NS2. The Kier molecular flexibility index (Phi) is 5.46. The van der Waals surface area contributed by atoms with Crippen LogP contribution < -0.4 is 0 Å². The molecule has 1 nitrogen and oxygen atoms in total. The number of fused-ring (bicyclic) bond motifs is 16. The van der Waals surface area contributed by atoms with Crippen LogP contribution >= 0.6 is 22.7 Å². The Morgan fingerprint density at radius 2 is 1.17 bits per heavy atom. The first-order valence-corrected chi connectivity index (χ1v) is 17.3. The van der Waals surface area contributed by atoms with Crippen molar-refractivity contribution in [2.75, 3.05) is 0 Å². The van der Waals surface area contributed by atoms with Gasteiger partial charge in [0.1, 0.15) is 0 Å². The summed E-state index contributed by atoms with van der Waals surface area (Å²) in [6.45, 7) is 6.41. The van der Waals surface area contributed by atoms with Gasteiger partial charge in [0, 0.05) is 63.2 Å². The average molecular weight is 622 g/mol. The first-order valence-electron chi connectivity index (χ1n) is 15.7. The lowest BCUT2D eigenvalue weighted by molar-refractivity contribution is 1.20. The number of thiophene rings is 2. The summed E-state index contributed by atoms with van der Waals surface area (Å²) in [6, 6.07) is 42.7. The van der Waals surface area contributed by atoms with Gasteiger partial charge in [0.05, 0.1) is 15.7 Å². The highest BCUT2D eigenvalue weighted by Gasteiger charge is 2.25. The normalized spacial score (nSPS) is 12.5. The highest BCUT2D eigenvalue weighted by Crippen LogP contribution is 2.51. The van der Waals surface area contributed by atoms with E-state index >= 15 is 0 Å². The fourth-order valence-electron chi connectivity index (χ4n) is 7.85. The van der Waals surface area contributed by atoms with Crippen molar-refractivity contribution in [1.82, 2.24) is 4.57 Å². The lowest BCUT2D eigenvalue weighted by Gasteiger charge is -2.15. The maximum atomic E-state index is 4.29. The molecule has 0 saturated carbocycles. The van der Waals surface area contributed by atoms with Crippen molar-refractivity contribution in [3.05, 3.63) is 138 Å². The van der Waals surface area contributed by atoms with E-state index in [0.29, 0.717) is 0 Å². The molecule has 0 aliphatic heterocycles. The monoisotopic (exact) mass is 621 g/mol. The predicted octanol–water partition coefficient (Wildman–Crippen LogP) is 13.5. The van der Waals surface area contributed by atoms with Crippen LogP contribution in [-0.4, -0.2) is 4.57 Å². The third-order valence-corrected chi connectivity index (χ3v) is 12.0. The van der Waals surface area contributed by atoms with Crippen LogP contribution in [0.2, 0.25) is 0 Å². The minimum absolute atomic E-state index is 1.19. The van der Waals surface area contributed by atoms with E-state index in [9.17, 15) is 0 Å². The Morgan fingerprint density at radius 1 is 0.565 bits per heavy atom. The second-order valence-corrected chi connectivity index (χ2v) is 14.1. The number of nitrogens with zero attached hydrogens (tertiary/aromatic N) is 1. The SMILES string of the molecule is C=Cc1sc2c(c1/C=C\C)c1c3ccccc3c3ccccc3c1c1c3ccccc3n(-c3ccc4sc5ccccc5c4c3)c21. The minimum atomic E-state index is 1.19. The van der Waals surface area contributed by atoms with Crippen molar-refractivity contribution < 1.29 is 0 Å². The number of aromatic nitrogens is 1. The van der Waals surface area contributed by atoms with Gasteiger partial charge in [0.15, 0.2) is 0 Å². The van der Waals surface area contributed by atoms with Gasteiger partial charge in [-0.15, -0.1) is 22.7 Å². The largest absolute Gasteiger partial charge is 0.308 e. The van der Waals surface area contributed by atoms with Crippen molar-refractivity contribution >= 4 is 119 Å². The van der Waals surface area contributed by atoms with Crippen LogP contribution in [0, 0.1) is 0 Å². The van der Waals surface area contributed by atoms with Gasteiger partial charge >= 0.3 is 0 Å². The molecule has 3 heteroatoms. The molecular weight excluding hydrogens is 595 g/mol. The average Bonchev–Trinajstić information content (AvgIpc) is 3.77. The third kappa shape index (κ3) is 3.34. The first kappa shape index (κ1) is 26.0. The molecule has 7 aromatic carbocycles. The van der Waals surface area contributed by atoms with Crippen molar-refractivity contribution in [2.45, 2.75) is 6.92 Å². The second-order valence-electron chi connectivity index (χ2n) is 12.0. The summed E-state index contributed by atoms with van der Waals surface area (Å²) in [5.41, 5.74) is 4.94. The lowest BCUT2D eigenvalue weighted by atomic mass is 9.89. The van der Waals surface area contributed by atoms with Crippen LogP contribution in [0.4, 0.5) is 0 Å². The molecule has 3 aromatic heterocycles. The minimum Gasteiger partial charge on any atom is -0.308 e. The van der Waals surface area contributed by atoms with E-state index in [2.05, 4.69) is 145 Å². The quantitative estimate of drug-likeness (QED) is 0.173. The summed E-state index contributed by atoms with van der Waals surface area (Å²) < 4.78 is 6.48. The standard InChI is InChI=1S/C43H27NS2/c1-3-13-32-35(4-2)46-43-41(32)39-30-18-8-6-15-27(30)26-14-5-7-17-29(26)38(39)40-31-19-9-11-20-34(31)44(42(40)43)25-22-23-37-33(24-25)28-16-10-12-21-36(28)45-37/h3-24H,2H2,1H3/b13-3-. The number of para-hydroxylation sites is 1. The Balaban J connectivity index is 1.54. The van der Waals surface area contributed by atoms with Crippen LogP contribution in [0.25, 0.3) is 102 Å². The Hall–Kier alpha value is -5.22. The number of allylic oxidation sites excluding steroid dienone is 1. The van der Waals surface area contributed by atoms with Gasteiger partial charge in [-0.3, -0.25) is 0 Å². The summed E-state index contributed by atoms with van der Waals surface area (Å²) in [5, 5.41) is 14.4. The second kappa shape index (κ2) is 9.64. The highest BCUT2D eigenvalue weighted by atomic mass is 32.1. The molecule has 10 aromatic rings. The zero-order chi connectivity index (χ0) is 30.5. The van der Waals surface area contributed by atoms with Gasteiger partial charge in [0.25, 0.3) is 0 Å². The number of hydrogen-bond acceptors (Lipinski definition) is 2. The topological polar surface area (TPSA) is 4.93 Å². The predicted molar refractivity (Wildman–Crippen MR) is 206 cm³/mol. The van der Waals surface area contributed by atoms with E-state index in [1.807, 2.05) is 28.7 Å². The molecule has 0 N–H and O–H groups in total. The van der Waals surface area contributed by atoms with Gasteiger partial charge < -0.3 is 4.57 Å². The molecule has 46 heavy (non-hydrogen) atoms. The maximum Gasteiger partial charge on any atom is 0.0726 e. The molecule has 0 fully saturated rings. The smallest absolute Gasteiger partial charge is 0.0726 e. The zero-order valence-electron chi connectivity index (χ0n) is 25.2. The molecule has 3 heterocycles. The van der Waals surface area contributed by atoms with E-state index in [1.54, 1.807) is 0 Å². The van der Waals surface area contributed by atoms with E-state index in [-0.39, 0.29) is 0 Å². The lowest BCUT2D eigenvalue weighted by Crippen LogP contribution is -1.94. The van der Waals surface area contributed by atoms with Crippen LogP contribution in [0.1, 0.15) is 17.4 Å². The van der Waals surface area contributed by atoms with Crippen molar-refractivity contribution in [1.29, 1.82) is 0 Å². The first-order chi connectivity index (χ1) is 22.8. The van der Waals surface area contributed by atoms with Gasteiger partial charge in [-0.25, -0.2) is 0 Å². The summed E-state index contributed by atoms with van der Waals surface area (Å²) in [5.74, 6) is 0. The molecule has 0 radical (unpaired) electrons.